The lowest BCUT2D eigenvalue weighted by Gasteiger charge is -2.10. The number of aryl methyl sites for hydroxylation is 2. The standard InChI is InChI=1S/C22H22N4O4/c1-12-11-26(25-13(12)2)17-6-5-14(7-18(17)27)8-21-23-16-10-20(30-4)19(29-3)9-15(16)22(28)24-21/h5-7,9-11,27H,8H2,1-4H3,(H,23,24,28). The molecule has 4 aromatic rings. The SMILES string of the molecule is COc1cc2nc(Cc3ccc(-n4cc(C)c(C)n4)c(O)c3)[nH]c(=O)c2cc1OC. The number of aromatic nitrogens is 4. The summed E-state index contributed by atoms with van der Waals surface area (Å²) in [4.78, 5) is 19.9. The Labute approximate surface area is 172 Å². The summed E-state index contributed by atoms with van der Waals surface area (Å²) in [6.45, 7) is 3.89. The molecule has 0 fully saturated rings. The molecule has 0 amide bonds. The predicted octanol–water partition coefficient (Wildman–Crippen LogP) is 3.04. The van der Waals surface area contributed by atoms with Crippen molar-refractivity contribution in [2.45, 2.75) is 20.3 Å². The number of ether oxygens (including phenoxy) is 2. The van der Waals surface area contributed by atoms with Gasteiger partial charge in [-0.25, -0.2) is 9.67 Å². The van der Waals surface area contributed by atoms with Gasteiger partial charge in [-0.15, -0.1) is 0 Å². The van der Waals surface area contributed by atoms with Crippen molar-refractivity contribution in [3.63, 3.8) is 0 Å². The highest BCUT2D eigenvalue weighted by atomic mass is 16.5. The topological polar surface area (TPSA) is 102 Å². The van der Waals surface area contributed by atoms with Gasteiger partial charge < -0.3 is 19.6 Å². The monoisotopic (exact) mass is 406 g/mol. The van der Waals surface area contributed by atoms with E-state index >= 15 is 0 Å². The first-order chi connectivity index (χ1) is 14.4. The summed E-state index contributed by atoms with van der Waals surface area (Å²) in [5.74, 6) is 1.55. The Morgan fingerprint density at radius 1 is 1.10 bits per heavy atom. The van der Waals surface area contributed by atoms with E-state index in [0.29, 0.717) is 40.3 Å². The molecule has 0 saturated heterocycles. The molecule has 8 nitrogen and oxygen atoms in total. The Bertz CT molecular complexity index is 1290. The third kappa shape index (κ3) is 3.47. The highest BCUT2D eigenvalue weighted by Gasteiger charge is 2.13. The van der Waals surface area contributed by atoms with Crippen molar-refractivity contribution < 1.29 is 14.6 Å². The quantitative estimate of drug-likeness (QED) is 0.528. The molecule has 2 N–H and O–H groups in total. The van der Waals surface area contributed by atoms with E-state index in [9.17, 15) is 9.90 Å². The number of methoxy groups -OCH3 is 2. The maximum atomic E-state index is 12.5. The second-order valence-corrected chi connectivity index (χ2v) is 7.08. The van der Waals surface area contributed by atoms with Crippen LogP contribution in [0.25, 0.3) is 16.6 Å². The van der Waals surface area contributed by atoms with Crippen molar-refractivity contribution in [2.24, 2.45) is 0 Å². The second kappa shape index (κ2) is 7.55. The van der Waals surface area contributed by atoms with Crippen molar-refractivity contribution in [3.05, 3.63) is 69.5 Å². The van der Waals surface area contributed by atoms with Crippen LogP contribution in [0.1, 0.15) is 22.6 Å². The highest BCUT2D eigenvalue weighted by Crippen LogP contribution is 2.30. The maximum Gasteiger partial charge on any atom is 0.258 e. The summed E-state index contributed by atoms with van der Waals surface area (Å²) in [6.07, 6.45) is 2.22. The van der Waals surface area contributed by atoms with Gasteiger partial charge in [0.15, 0.2) is 11.5 Å². The average molecular weight is 406 g/mol. The minimum atomic E-state index is -0.265. The highest BCUT2D eigenvalue weighted by molar-refractivity contribution is 5.81. The number of nitrogens with one attached hydrogen (secondary N) is 1. The molecule has 0 bridgehead atoms. The first kappa shape index (κ1) is 19.5. The van der Waals surface area contributed by atoms with E-state index in [4.69, 9.17) is 9.47 Å². The van der Waals surface area contributed by atoms with Crippen LogP contribution >= 0.6 is 0 Å². The number of hydrogen-bond donors (Lipinski definition) is 2. The Hall–Kier alpha value is -3.81. The molecule has 0 saturated carbocycles. The lowest BCUT2D eigenvalue weighted by molar-refractivity contribution is 0.355. The van der Waals surface area contributed by atoms with Crippen LogP contribution in [0.4, 0.5) is 0 Å². The zero-order chi connectivity index (χ0) is 21.4. The Kier molecular flexibility index (Phi) is 4.91. The molecule has 0 spiro atoms. The van der Waals surface area contributed by atoms with Crippen LogP contribution in [0.2, 0.25) is 0 Å². The van der Waals surface area contributed by atoms with Gasteiger partial charge in [0.25, 0.3) is 5.56 Å². The van der Waals surface area contributed by atoms with E-state index in [2.05, 4.69) is 15.1 Å². The largest absolute Gasteiger partial charge is 0.506 e. The number of aromatic hydroxyl groups is 1. The average Bonchev–Trinajstić information content (AvgIpc) is 3.05. The molecule has 0 aliphatic carbocycles. The van der Waals surface area contributed by atoms with Crippen molar-refractivity contribution in [1.29, 1.82) is 0 Å². The van der Waals surface area contributed by atoms with Crippen LogP contribution in [-0.4, -0.2) is 39.1 Å². The van der Waals surface area contributed by atoms with Gasteiger partial charge in [-0.2, -0.15) is 5.10 Å². The number of H-pyrrole nitrogens is 1. The number of hydrogen-bond acceptors (Lipinski definition) is 6. The molecule has 0 radical (unpaired) electrons. The Morgan fingerprint density at radius 3 is 2.47 bits per heavy atom. The number of phenolic OH excluding ortho intramolecular Hbond substituents is 1. The van der Waals surface area contributed by atoms with Crippen LogP contribution in [0, 0.1) is 13.8 Å². The Balaban J connectivity index is 1.68. The van der Waals surface area contributed by atoms with E-state index in [1.54, 1.807) is 28.9 Å². The van der Waals surface area contributed by atoms with Gasteiger partial charge in [0.05, 0.1) is 30.8 Å². The number of benzene rings is 2. The smallest absolute Gasteiger partial charge is 0.258 e. The molecule has 0 unspecified atom stereocenters. The molecular weight excluding hydrogens is 384 g/mol. The minimum absolute atomic E-state index is 0.101. The molecule has 0 aliphatic heterocycles. The molecule has 8 heteroatoms. The fourth-order valence-electron chi connectivity index (χ4n) is 3.33. The van der Waals surface area contributed by atoms with Crippen LogP contribution < -0.4 is 15.0 Å². The zero-order valence-corrected chi connectivity index (χ0v) is 17.2. The van der Waals surface area contributed by atoms with Crippen molar-refractivity contribution in [3.8, 4) is 22.9 Å². The third-order valence-corrected chi connectivity index (χ3v) is 5.06. The summed E-state index contributed by atoms with van der Waals surface area (Å²) in [7, 11) is 3.05. The normalized spacial score (nSPS) is 11.1. The van der Waals surface area contributed by atoms with Crippen LogP contribution in [-0.2, 0) is 6.42 Å². The summed E-state index contributed by atoms with van der Waals surface area (Å²) >= 11 is 0. The zero-order valence-electron chi connectivity index (χ0n) is 17.2. The minimum Gasteiger partial charge on any atom is -0.506 e. The van der Waals surface area contributed by atoms with Gasteiger partial charge in [0.1, 0.15) is 17.3 Å². The molecule has 2 aromatic carbocycles. The van der Waals surface area contributed by atoms with Gasteiger partial charge in [-0.1, -0.05) is 6.07 Å². The number of phenols is 1. The number of nitrogens with zero attached hydrogens (tertiary/aromatic N) is 3. The third-order valence-electron chi connectivity index (χ3n) is 5.06. The van der Waals surface area contributed by atoms with E-state index in [-0.39, 0.29) is 11.3 Å². The van der Waals surface area contributed by atoms with E-state index in [1.807, 2.05) is 26.1 Å². The number of fused-ring (bicyclic) bond motifs is 1. The van der Waals surface area contributed by atoms with Gasteiger partial charge in [0.2, 0.25) is 0 Å². The summed E-state index contributed by atoms with van der Waals surface area (Å²) < 4.78 is 12.2. The first-order valence-corrected chi connectivity index (χ1v) is 9.39. The molecular formula is C22H22N4O4. The fraction of sp³-hybridized carbons (Fsp3) is 0.227. The predicted molar refractivity (Wildman–Crippen MR) is 113 cm³/mol. The van der Waals surface area contributed by atoms with Crippen LogP contribution in [0.3, 0.4) is 0 Å². The molecule has 2 heterocycles. The molecule has 30 heavy (non-hydrogen) atoms. The van der Waals surface area contributed by atoms with E-state index in [1.165, 1.54) is 14.2 Å². The second-order valence-electron chi connectivity index (χ2n) is 7.08. The number of aromatic amines is 1. The van der Waals surface area contributed by atoms with Crippen molar-refractivity contribution in [2.75, 3.05) is 14.2 Å². The van der Waals surface area contributed by atoms with E-state index in [0.717, 1.165) is 16.8 Å². The fourth-order valence-corrected chi connectivity index (χ4v) is 3.33. The molecule has 4 rings (SSSR count). The van der Waals surface area contributed by atoms with Gasteiger partial charge in [-0.05, 0) is 43.2 Å². The van der Waals surface area contributed by atoms with Crippen LogP contribution in [0.5, 0.6) is 17.2 Å². The Morgan fingerprint density at radius 2 is 1.83 bits per heavy atom. The number of rotatable bonds is 5. The van der Waals surface area contributed by atoms with Gasteiger partial charge in [0, 0.05) is 18.7 Å². The first-order valence-electron chi connectivity index (χ1n) is 9.39. The summed E-state index contributed by atoms with van der Waals surface area (Å²) in [6, 6.07) is 8.61. The van der Waals surface area contributed by atoms with Crippen molar-refractivity contribution >= 4 is 10.9 Å². The summed E-state index contributed by atoms with van der Waals surface area (Å²) in [5.41, 5.74) is 3.59. The van der Waals surface area contributed by atoms with Crippen LogP contribution in [0.15, 0.2) is 41.3 Å². The molecule has 0 aliphatic rings. The molecule has 2 aromatic heterocycles. The lowest BCUT2D eigenvalue weighted by atomic mass is 10.1. The molecule has 154 valence electrons. The lowest BCUT2D eigenvalue weighted by Crippen LogP contribution is -2.12. The van der Waals surface area contributed by atoms with Gasteiger partial charge >= 0.3 is 0 Å². The van der Waals surface area contributed by atoms with Crippen molar-refractivity contribution in [1.82, 2.24) is 19.7 Å². The summed E-state index contributed by atoms with van der Waals surface area (Å²) in [5, 5.41) is 15.3. The maximum absolute atomic E-state index is 12.5. The van der Waals surface area contributed by atoms with E-state index < -0.39 is 0 Å². The molecule has 0 atom stereocenters. The van der Waals surface area contributed by atoms with Gasteiger partial charge in [-0.3, -0.25) is 4.79 Å².